The number of aliphatic hydroxyl groups is 1. The van der Waals surface area contributed by atoms with Gasteiger partial charge in [-0.2, -0.15) is 8.78 Å². The molecule has 104 valence electrons. The largest absolute Gasteiger partial charge is 0.399 e. The smallest absolute Gasteiger partial charge is 0.397 e. The number of ether oxygens (including phenoxy) is 1. The van der Waals surface area contributed by atoms with Gasteiger partial charge in [-0.1, -0.05) is 0 Å². The molecule has 0 heterocycles. The van der Waals surface area contributed by atoms with Crippen LogP contribution in [-0.2, 0) is 9.16 Å². The summed E-state index contributed by atoms with van der Waals surface area (Å²) in [7, 11) is -1.73. The monoisotopic (exact) mass is 300 g/mol. The van der Waals surface area contributed by atoms with Crippen molar-refractivity contribution in [2.45, 2.75) is 5.73 Å². The van der Waals surface area contributed by atoms with E-state index in [0.29, 0.717) is 12.1 Å². The number of carbonyl (C=O) groups is 1. The van der Waals surface area contributed by atoms with Crippen LogP contribution in [0.15, 0.2) is 12.1 Å². The molecule has 0 spiro atoms. The Morgan fingerprint density at radius 2 is 1.89 bits per heavy atom. The Morgan fingerprint density at radius 1 is 1.26 bits per heavy atom. The Kier molecular flexibility index (Phi) is 4.97. The molecule has 0 aliphatic carbocycles. The lowest BCUT2D eigenvalue weighted by Gasteiger charge is -2.15. The number of carbonyl (C=O) groups excluding carboxylic acids is 1. The van der Waals surface area contributed by atoms with E-state index in [0.717, 1.165) is 0 Å². The van der Waals surface area contributed by atoms with Gasteiger partial charge in [0.2, 0.25) is 0 Å². The number of halogens is 5. The lowest BCUT2D eigenvalue weighted by molar-refractivity contribution is -0.145. The van der Waals surface area contributed by atoms with E-state index in [2.05, 4.69) is 9.16 Å². The van der Waals surface area contributed by atoms with Crippen LogP contribution in [0.3, 0.4) is 0 Å². The Bertz CT molecular complexity index is 482. The molecule has 0 aliphatic rings. The fourth-order valence-corrected chi connectivity index (χ4v) is 1.36. The maximum absolute atomic E-state index is 13.1. The topological polar surface area (TPSA) is 55.8 Å². The van der Waals surface area contributed by atoms with Crippen molar-refractivity contribution in [3.63, 3.8) is 0 Å². The molecule has 0 unspecified atom stereocenters. The third kappa shape index (κ3) is 3.97. The van der Waals surface area contributed by atoms with Crippen molar-refractivity contribution in [2.75, 3.05) is 6.79 Å². The summed E-state index contributed by atoms with van der Waals surface area (Å²) >= 11 is 0. The summed E-state index contributed by atoms with van der Waals surface area (Å²) in [5.41, 5.74) is -5.32. The van der Waals surface area contributed by atoms with Gasteiger partial charge in [-0.05, 0) is 12.1 Å². The van der Waals surface area contributed by atoms with Gasteiger partial charge in [0.25, 0.3) is 0 Å². The highest BCUT2D eigenvalue weighted by atomic mass is 28.2. The molecule has 0 bridgehead atoms. The molecule has 0 aliphatic heterocycles. The van der Waals surface area contributed by atoms with Crippen LogP contribution in [0.25, 0.3) is 0 Å². The van der Waals surface area contributed by atoms with Gasteiger partial charge in [0, 0.05) is 0 Å². The number of alkyl halides is 2. The molecule has 19 heavy (non-hydrogen) atoms. The Hall–Kier alpha value is -1.52. The van der Waals surface area contributed by atoms with Gasteiger partial charge in [0.15, 0.2) is 17.5 Å². The van der Waals surface area contributed by atoms with Crippen LogP contribution in [0.1, 0.15) is 10.4 Å². The van der Waals surface area contributed by atoms with Crippen LogP contribution >= 0.6 is 0 Å². The summed E-state index contributed by atoms with van der Waals surface area (Å²) in [6.45, 7) is -1.04. The number of hydrogen-bond donors (Lipinski definition) is 1. The normalized spacial score (nSPS) is 11.5. The number of aliphatic hydroxyl groups excluding tert-OH is 1. The molecule has 2 radical (unpaired) electrons. The van der Waals surface area contributed by atoms with E-state index in [-0.39, 0.29) is 0 Å². The Balaban J connectivity index is 2.87. The van der Waals surface area contributed by atoms with Crippen LogP contribution in [0.5, 0.6) is 0 Å². The van der Waals surface area contributed by atoms with Crippen molar-refractivity contribution < 1.29 is 41.0 Å². The molecule has 0 saturated carbocycles. The molecule has 1 aromatic rings. The predicted molar refractivity (Wildman–Crippen MR) is 50.6 cm³/mol. The van der Waals surface area contributed by atoms with Gasteiger partial charge in [0.1, 0.15) is 6.79 Å². The minimum absolute atomic E-state index is 0.389. The van der Waals surface area contributed by atoms with E-state index in [1.165, 1.54) is 0 Å². The van der Waals surface area contributed by atoms with E-state index in [4.69, 9.17) is 5.11 Å². The first-order chi connectivity index (χ1) is 8.78. The van der Waals surface area contributed by atoms with E-state index >= 15 is 0 Å². The minimum atomic E-state index is -4.13. The van der Waals surface area contributed by atoms with Crippen LogP contribution in [0.4, 0.5) is 22.0 Å². The summed E-state index contributed by atoms with van der Waals surface area (Å²) in [6, 6.07) is 0.849. The average molecular weight is 300 g/mol. The van der Waals surface area contributed by atoms with Crippen LogP contribution in [0, 0.1) is 17.5 Å². The zero-order valence-corrected chi connectivity index (χ0v) is 9.92. The van der Waals surface area contributed by atoms with E-state index in [1.54, 1.807) is 0 Å². The Morgan fingerprint density at radius 3 is 2.47 bits per heavy atom. The molecule has 0 amide bonds. The van der Waals surface area contributed by atoms with Crippen molar-refractivity contribution in [3.8, 4) is 0 Å². The summed E-state index contributed by atoms with van der Waals surface area (Å²) in [5.74, 6) is -7.39. The first kappa shape index (κ1) is 15.5. The maximum Gasteiger partial charge on any atom is 0.397 e. The lowest BCUT2D eigenvalue weighted by atomic mass is 10.2. The molecule has 0 atom stereocenters. The van der Waals surface area contributed by atoms with Crippen molar-refractivity contribution in [3.05, 3.63) is 35.1 Å². The quantitative estimate of drug-likeness (QED) is 0.294. The van der Waals surface area contributed by atoms with E-state index < -0.39 is 51.3 Å². The van der Waals surface area contributed by atoms with Gasteiger partial charge < -0.3 is 14.3 Å². The van der Waals surface area contributed by atoms with Crippen molar-refractivity contribution in [1.82, 2.24) is 0 Å². The molecular weight excluding hydrogens is 295 g/mol. The molecule has 0 aromatic heterocycles. The van der Waals surface area contributed by atoms with Gasteiger partial charge in [-0.3, -0.25) is 0 Å². The van der Waals surface area contributed by atoms with Crippen molar-refractivity contribution >= 4 is 15.7 Å². The maximum atomic E-state index is 13.1. The lowest BCUT2D eigenvalue weighted by Crippen LogP contribution is -2.34. The standard InChI is InChI=1S/C9H5F5O4Si/c10-5-2-1-4(6(11)7(5)12)8(16)18-9(13,14)19-17-3-15/h1-2,15H,3H2. The molecule has 10 heteroatoms. The van der Waals surface area contributed by atoms with Crippen molar-refractivity contribution in [1.29, 1.82) is 0 Å². The molecule has 0 fully saturated rings. The molecule has 1 rings (SSSR count). The third-order valence-corrected chi connectivity index (χ3v) is 2.34. The summed E-state index contributed by atoms with van der Waals surface area (Å²) in [5, 5.41) is 8.15. The van der Waals surface area contributed by atoms with Gasteiger partial charge >= 0.3 is 21.5 Å². The first-order valence-electron chi connectivity index (χ1n) is 4.53. The zero-order chi connectivity index (χ0) is 14.6. The first-order valence-corrected chi connectivity index (χ1v) is 5.44. The molecule has 0 saturated heterocycles. The van der Waals surface area contributed by atoms with E-state index in [9.17, 15) is 26.7 Å². The highest BCUT2D eigenvalue weighted by Crippen LogP contribution is 2.20. The molecule has 1 aromatic carbocycles. The summed E-state index contributed by atoms with van der Waals surface area (Å²) in [4.78, 5) is 11.2. The molecule has 4 nitrogen and oxygen atoms in total. The predicted octanol–water partition coefficient (Wildman–Crippen LogP) is 1.40. The van der Waals surface area contributed by atoms with Crippen molar-refractivity contribution in [2.24, 2.45) is 0 Å². The van der Waals surface area contributed by atoms with Crippen LogP contribution < -0.4 is 0 Å². The average Bonchev–Trinajstić information content (AvgIpc) is 2.33. The Labute approximate surface area is 105 Å². The second-order valence-electron chi connectivity index (χ2n) is 3.00. The number of hydrogen-bond acceptors (Lipinski definition) is 4. The molecular formula is C9H5F5O4Si. The van der Waals surface area contributed by atoms with Crippen LogP contribution in [-0.4, -0.2) is 33.4 Å². The van der Waals surface area contributed by atoms with Crippen LogP contribution in [0.2, 0.25) is 0 Å². The second-order valence-corrected chi connectivity index (χ2v) is 4.08. The fourth-order valence-electron chi connectivity index (χ4n) is 0.992. The minimum Gasteiger partial charge on any atom is -0.399 e. The summed E-state index contributed by atoms with van der Waals surface area (Å²) in [6.07, 6.45) is 0. The van der Waals surface area contributed by atoms with Gasteiger partial charge in [0.05, 0.1) is 5.56 Å². The third-order valence-electron chi connectivity index (χ3n) is 1.73. The van der Waals surface area contributed by atoms with Gasteiger partial charge in [-0.15, -0.1) is 0 Å². The number of rotatable bonds is 5. The van der Waals surface area contributed by atoms with Gasteiger partial charge in [-0.25, -0.2) is 18.0 Å². The SMILES string of the molecule is O=C(OC(F)(F)[Si]OCO)c1ccc(F)c(F)c1F. The van der Waals surface area contributed by atoms with E-state index in [1.807, 2.05) is 0 Å². The zero-order valence-electron chi connectivity index (χ0n) is 8.92. The fraction of sp³-hybridized carbons (Fsp3) is 0.222. The summed E-state index contributed by atoms with van der Waals surface area (Å²) < 4.78 is 71.8. The number of esters is 1. The second kappa shape index (κ2) is 6.08. The number of benzene rings is 1. The highest BCUT2D eigenvalue weighted by Gasteiger charge is 2.38. The highest BCUT2D eigenvalue weighted by molar-refractivity contribution is 6.30. The molecule has 1 N–H and O–H groups in total.